The van der Waals surface area contributed by atoms with E-state index >= 15 is 0 Å². The molecule has 0 unspecified atom stereocenters. The Morgan fingerprint density at radius 3 is 2.55 bits per heavy atom. The van der Waals surface area contributed by atoms with E-state index in [1.807, 2.05) is 0 Å². The summed E-state index contributed by atoms with van der Waals surface area (Å²) in [4.78, 5) is 21.0. The Balaban J connectivity index is 3.14. The van der Waals surface area contributed by atoms with Crippen molar-refractivity contribution in [1.29, 1.82) is 0 Å². The van der Waals surface area contributed by atoms with Crippen LogP contribution in [0.1, 0.15) is 33.6 Å². The molecule has 0 saturated heterocycles. The van der Waals surface area contributed by atoms with Gasteiger partial charge in [0.2, 0.25) is 0 Å². The van der Waals surface area contributed by atoms with Crippen molar-refractivity contribution < 1.29 is 14.0 Å². The van der Waals surface area contributed by atoms with E-state index in [-0.39, 0.29) is 17.3 Å². The van der Waals surface area contributed by atoms with Crippen LogP contribution in [0.25, 0.3) is 0 Å². The number of carbonyl (C=O) groups is 2. The molecule has 0 bridgehead atoms. The third-order valence-electron chi connectivity index (χ3n) is 1.41. The molecule has 1 rings (SSSR count). The number of carbonyl (C=O) groups excluding carboxylic acids is 2. The Hall–Kier alpha value is -1.38. The molecule has 1 aromatic rings. The Morgan fingerprint density at radius 1 is 1.64 bits per heavy atom. The Morgan fingerprint density at radius 2 is 2.27 bits per heavy atom. The maximum Gasteiger partial charge on any atom is 0.194 e. The first-order valence-corrected chi connectivity index (χ1v) is 3.21. The average molecular weight is 152 g/mol. The zero-order valence-corrected chi connectivity index (χ0v) is 6.38. The molecule has 0 atom stereocenters. The summed E-state index contributed by atoms with van der Waals surface area (Å²) in [6.07, 6.45) is 0.599. The van der Waals surface area contributed by atoms with Gasteiger partial charge >= 0.3 is 0 Å². The summed E-state index contributed by atoms with van der Waals surface area (Å²) in [5.74, 6) is 0.306. The zero-order chi connectivity index (χ0) is 8.43. The smallest absolute Gasteiger partial charge is 0.194 e. The summed E-state index contributed by atoms with van der Waals surface area (Å²) in [7, 11) is 0. The number of rotatable bonds is 2. The number of aryl methyl sites for hydroxylation is 1. The molecule has 0 N–H and O–H groups in total. The van der Waals surface area contributed by atoms with Crippen molar-refractivity contribution in [2.24, 2.45) is 0 Å². The lowest BCUT2D eigenvalue weighted by atomic mass is 10.2. The molecule has 3 heteroatoms. The maximum atomic E-state index is 10.7. The van der Waals surface area contributed by atoms with Gasteiger partial charge in [0, 0.05) is 6.92 Å². The average Bonchev–Trinajstić information content (AvgIpc) is 2.31. The van der Waals surface area contributed by atoms with Gasteiger partial charge in [-0.05, 0) is 18.6 Å². The first-order valence-electron chi connectivity index (χ1n) is 3.21. The largest absolute Gasteiger partial charge is 0.450 e. The number of hydrogen-bond acceptors (Lipinski definition) is 3. The summed E-state index contributed by atoms with van der Waals surface area (Å²) in [5, 5.41) is 0. The molecule has 3 nitrogen and oxygen atoms in total. The molecule has 58 valence electrons. The predicted octanol–water partition coefficient (Wildman–Crippen LogP) is 1.60. The molecule has 1 aromatic heterocycles. The van der Waals surface area contributed by atoms with Crippen LogP contribution in [0.2, 0.25) is 0 Å². The van der Waals surface area contributed by atoms with Crippen molar-refractivity contribution in [3.8, 4) is 0 Å². The van der Waals surface area contributed by atoms with E-state index in [1.165, 1.54) is 6.92 Å². The van der Waals surface area contributed by atoms with E-state index in [0.717, 1.165) is 0 Å². The normalized spacial score (nSPS) is 9.64. The van der Waals surface area contributed by atoms with Crippen LogP contribution in [-0.4, -0.2) is 12.1 Å². The Labute approximate surface area is 64.0 Å². The molecule has 0 saturated carbocycles. The summed E-state index contributed by atoms with van der Waals surface area (Å²) in [6, 6.07) is 1.56. The SMILES string of the molecule is CC(=O)c1cc(C)c(C=O)o1. The molecule has 0 aromatic carbocycles. The fourth-order valence-electron chi connectivity index (χ4n) is 0.787. The van der Waals surface area contributed by atoms with E-state index in [9.17, 15) is 9.59 Å². The van der Waals surface area contributed by atoms with Gasteiger partial charge in [0.05, 0.1) is 0 Å². The number of ketones is 1. The number of furan rings is 1. The maximum absolute atomic E-state index is 10.7. The number of Topliss-reactive ketones (excluding diaryl/α,β-unsaturated/α-hetero) is 1. The Bertz CT molecular complexity index is 296. The second kappa shape index (κ2) is 2.70. The first kappa shape index (κ1) is 7.72. The van der Waals surface area contributed by atoms with Gasteiger partial charge in [0.1, 0.15) is 0 Å². The molecule has 1 heterocycles. The molecule has 0 fully saturated rings. The summed E-state index contributed by atoms with van der Waals surface area (Å²) in [5.41, 5.74) is 0.699. The van der Waals surface area contributed by atoms with Crippen LogP contribution in [-0.2, 0) is 0 Å². The third kappa shape index (κ3) is 1.37. The van der Waals surface area contributed by atoms with Crippen LogP contribution >= 0.6 is 0 Å². The highest BCUT2D eigenvalue weighted by molar-refractivity contribution is 5.92. The molecular formula is C8H8O3. The fraction of sp³-hybridized carbons (Fsp3) is 0.250. The summed E-state index contributed by atoms with van der Waals surface area (Å²) in [6.45, 7) is 3.12. The first-order chi connectivity index (χ1) is 5.15. The predicted molar refractivity (Wildman–Crippen MR) is 38.8 cm³/mol. The quantitative estimate of drug-likeness (QED) is 0.477. The van der Waals surface area contributed by atoms with Gasteiger partial charge in [-0.2, -0.15) is 0 Å². The van der Waals surface area contributed by atoms with Gasteiger partial charge < -0.3 is 4.42 Å². The van der Waals surface area contributed by atoms with E-state index in [1.54, 1.807) is 13.0 Å². The highest BCUT2D eigenvalue weighted by Gasteiger charge is 2.08. The van der Waals surface area contributed by atoms with Gasteiger partial charge in [0.15, 0.2) is 23.6 Å². The highest BCUT2D eigenvalue weighted by atomic mass is 16.4. The fourth-order valence-corrected chi connectivity index (χ4v) is 0.787. The molecule has 0 aliphatic rings. The van der Waals surface area contributed by atoms with Crippen LogP contribution in [0.4, 0.5) is 0 Å². The van der Waals surface area contributed by atoms with E-state index in [0.29, 0.717) is 11.8 Å². The minimum Gasteiger partial charge on any atom is -0.450 e. The van der Waals surface area contributed by atoms with Crippen molar-refractivity contribution >= 4 is 12.1 Å². The van der Waals surface area contributed by atoms with Crippen LogP contribution in [0.15, 0.2) is 10.5 Å². The van der Waals surface area contributed by atoms with Crippen molar-refractivity contribution in [2.75, 3.05) is 0 Å². The van der Waals surface area contributed by atoms with Crippen LogP contribution in [0.3, 0.4) is 0 Å². The summed E-state index contributed by atoms with van der Waals surface area (Å²) < 4.78 is 4.91. The lowest BCUT2D eigenvalue weighted by Gasteiger charge is -1.83. The standard InChI is InChI=1S/C8H8O3/c1-5-3-7(6(2)10)11-8(5)4-9/h3-4H,1-2H3. The molecular weight excluding hydrogens is 144 g/mol. The molecule has 0 aliphatic heterocycles. The third-order valence-corrected chi connectivity index (χ3v) is 1.41. The molecule has 11 heavy (non-hydrogen) atoms. The molecule has 0 spiro atoms. The second-order valence-electron chi connectivity index (χ2n) is 2.33. The topological polar surface area (TPSA) is 47.3 Å². The monoisotopic (exact) mass is 152 g/mol. The van der Waals surface area contributed by atoms with Crippen LogP contribution < -0.4 is 0 Å². The van der Waals surface area contributed by atoms with Crippen molar-refractivity contribution in [3.63, 3.8) is 0 Å². The number of aldehydes is 1. The molecule has 0 radical (unpaired) electrons. The van der Waals surface area contributed by atoms with Crippen molar-refractivity contribution in [1.82, 2.24) is 0 Å². The van der Waals surface area contributed by atoms with E-state index < -0.39 is 0 Å². The lowest BCUT2D eigenvalue weighted by Crippen LogP contribution is -1.86. The van der Waals surface area contributed by atoms with Gasteiger partial charge in [0.25, 0.3) is 0 Å². The van der Waals surface area contributed by atoms with Gasteiger partial charge in [-0.15, -0.1) is 0 Å². The van der Waals surface area contributed by atoms with Crippen molar-refractivity contribution in [2.45, 2.75) is 13.8 Å². The van der Waals surface area contributed by atoms with Crippen LogP contribution in [0, 0.1) is 6.92 Å². The minimum atomic E-state index is -0.166. The van der Waals surface area contributed by atoms with Gasteiger partial charge in [-0.1, -0.05) is 0 Å². The highest BCUT2D eigenvalue weighted by Crippen LogP contribution is 2.12. The van der Waals surface area contributed by atoms with E-state index in [4.69, 9.17) is 4.42 Å². The van der Waals surface area contributed by atoms with Crippen molar-refractivity contribution in [3.05, 3.63) is 23.2 Å². The Kier molecular flexibility index (Phi) is 1.89. The van der Waals surface area contributed by atoms with E-state index in [2.05, 4.69) is 0 Å². The second-order valence-corrected chi connectivity index (χ2v) is 2.33. The molecule has 0 aliphatic carbocycles. The zero-order valence-electron chi connectivity index (χ0n) is 6.38. The van der Waals surface area contributed by atoms with Gasteiger partial charge in [-0.25, -0.2) is 0 Å². The minimum absolute atomic E-state index is 0.166. The van der Waals surface area contributed by atoms with Gasteiger partial charge in [-0.3, -0.25) is 9.59 Å². The molecule has 0 amide bonds. The summed E-state index contributed by atoms with van der Waals surface area (Å²) >= 11 is 0. The number of hydrogen-bond donors (Lipinski definition) is 0. The lowest BCUT2D eigenvalue weighted by molar-refractivity contribution is 0.0983. The van der Waals surface area contributed by atoms with Crippen LogP contribution in [0.5, 0.6) is 0 Å².